The molecule has 30 heavy (non-hydrogen) atoms. The molecule has 0 fully saturated rings. The minimum absolute atomic E-state index is 0.0271. The molecule has 3 aromatic rings. The molecule has 0 saturated heterocycles. The summed E-state index contributed by atoms with van der Waals surface area (Å²) in [5.41, 5.74) is 2.38. The Balaban J connectivity index is 1.84. The summed E-state index contributed by atoms with van der Waals surface area (Å²) in [5, 5.41) is 4.03. The number of nitrogens with one attached hydrogen (secondary N) is 1. The van der Waals surface area contributed by atoms with Gasteiger partial charge in [0.15, 0.2) is 5.69 Å². The quantitative estimate of drug-likeness (QED) is 0.469. The number of carbonyl (C=O) groups excluding carboxylic acids is 1. The minimum Gasteiger partial charge on any atom is -0.447 e. The normalized spacial score (nSPS) is 12.4. The van der Waals surface area contributed by atoms with E-state index >= 15 is 0 Å². The van der Waals surface area contributed by atoms with E-state index in [2.05, 4.69) is 34.3 Å². The molecule has 3 rings (SSSR count). The summed E-state index contributed by atoms with van der Waals surface area (Å²) in [4.78, 5) is 18.8. The minimum atomic E-state index is -0.247. The molecule has 1 amide bonds. The number of nitrogens with zero attached hydrogens (tertiary/aromatic N) is 2. The van der Waals surface area contributed by atoms with Gasteiger partial charge in [0.2, 0.25) is 5.89 Å². The van der Waals surface area contributed by atoms with Crippen molar-refractivity contribution in [1.82, 2.24) is 15.2 Å². The van der Waals surface area contributed by atoms with Crippen LogP contribution in [-0.2, 0) is 13.1 Å². The van der Waals surface area contributed by atoms with E-state index in [0.717, 1.165) is 11.1 Å². The first-order chi connectivity index (χ1) is 14.3. The second-order valence-corrected chi connectivity index (χ2v) is 8.33. The zero-order valence-corrected chi connectivity index (χ0v) is 18.7. The van der Waals surface area contributed by atoms with Crippen molar-refractivity contribution >= 4 is 29.1 Å². The standard InChI is InChI=1S/C23H25Cl2N3O2/c1-15(2)26-23(29)21-14-30-22(27-21)13-28(16(3)17-7-5-4-6-8-17)12-18-9-10-19(24)11-20(18)25/h4-11,14-16H,12-13H2,1-3H3,(H,26,29). The molecule has 1 unspecified atom stereocenters. The van der Waals surface area contributed by atoms with Gasteiger partial charge in [0.25, 0.3) is 5.91 Å². The van der Waals surface area contributed by atoms with Gasteiger partial charge in [-0.3, -0.25) is 9.69 Å². The lowest BCUT2D eigenvalue weighted by atomic mass is 10.1. The largest absolute Gasteiger partial charge is 0.447 e. The number of rotatable bonds is 8. The van der Waals surface area contributed by atoms with Crippen LogP contribution in [0.1, 0.15) is 54.3 Å². The van der Waals surface area contributed by atoms with Gasteiger partial charge in [0, 0.05) is 28.7 Å². The molecule has 1 heterocycles. The maximum atomic E-state index is 12.2. The van der Waals surface area contributed by atoms with Crippen molar-refractivity contribution < 1.29 is 9.21 Å². The molecule has 0 aliphatic carbocycles. The zero-order valence-electron chi connectivity index (χ0n) is 17.2. The van der Waals surface area contributed by atoms with Crippen LogP contribution < -0.4 is 5.32 Å². The van der Waals surface area contributed by atoms with Crippen molar-refractivity contribution in [1.29, 1.82) is 0 Å². The van der Waals surface area contributed by atoms with Crippen LogP contribution in [0.3, 0.4) is 0 Å². The molecule has 0 aliphatic heterocycles. The first-order valence-corrected chi connectivity index (χ1v) is 10.6. The lowest BCUT2D eigenvalue weighted by Gasteiger charge is -2.28. The van der Waals surface area contributed by atoms with Crippen molar-refractivity contribution in [3.63, 3.8) is 0 Å². The highest BCUT2D eigenvalue weighted by atomic mass is 35.5. The topological polar surface area (TPSA) is 58.4 Å². The number of hydrogen-bond acceptors (Lipinski definition) is 4. The van der Waals surface area contributed by atoms with Gasteiger partial charge in [-0.25, -0.2) is 4.98 Å². The maximum absolute atomic E-state index is 12.2. The third-order valence-electron chi connectivity index (χ3n) is 4.76. The number of hydrogen-bond donors (Lipinski definition) is 1. The average Bonchev–Trinajstić information content (AvgIpc) is 3.18. The van der Waals surface area contributed by atoms with Gasteiger partial charge < -0.3 is 9.73 Å². The molecule has 1 N–H and O–H groups in total. The van der Waals surface area contributed by atoms with Crippen LogP contribution in [0.2, 0.25) is 10.0 Å². The van der Waals surface area contributed by atoms with Gasteiger partial charge in [0.1, 0.15) is 6.26 Å². The van der Waals surface area contributed by atoms with Crippen LogP contribution in [0.5, 0.6) is 0 Å². The Morgan fingerprint density at radius 3 is 2.50 bits per heavy atom. The highest BCUT2D eigenvalue weighted by molar-refractivity contribution is 6.35. The Morgan fingerprint density at radius 1 is 1.10 bits per heavy atom. The Morgan fingerprint density at radius 2 is 1.83 bits per heavy atom. The first-order valence-electron chi connectivity index (χ1n) is 9.81. The van der Waals surface area contributed by atoms with Gasteiger partial charge in [-0.05, 0) is 44.0 Å². The molecule has 1 aromatic heterocycles. The summed E-state index contributed by atoms with van der Waals surface area (Å²) in [6.45, 7) is 6.91. The molecule has 158 valence electrons. The highest BCUT2D eigenvalue weighted by Crippen LogP contribution is 2.28. The summed E-state index contributed by atoms with van der Waals surface area (Å²) in [6, 6.07) is 15.8. The molecule has 0 saturated carbocycles. The fourth-order valence-electron chi connectivity index (χ4n) is 3.14. The fraction of sp³-hybridized carbons (Fsp3) is 0.304. The van der Waals surface area contributed by atoms with E-state index in [-0.39, 0.29) is 23.7 Å². The monoisotopic (exact) mass is 445 g/mol. The van der Waals surface area contributed by atoms with Gasteiger partial charge >= 0.3 is 0 Å². The van der Waals surface area contributed by atoms with Crippen LogP contribution in [0, 0.1) is 0 Å². The molecule has 0 spiro atoms. The second-order valence-electron chi connectivity index (χ2n) is 7.48. The number of aromatic nitrogens is 1. The van der Waals surface area contributed by atoms with Crippen molar-refractivity contribution in [2.24, 2.45) is 0 Å². The molecule has 0 aliphatic rings. The Labute approximate surface area is 187 Å². The Hall–Kier alpha value is -2.34. The van der Waals surface area contributed by atoms with E-state index in [1.54, 1.807) is 6.07 Å². The number of oxazole rings is 1. The molecule has 7 heteroatoms. The van der Waals surface area contributed by atoms with Crippen molar-refractivity contribution in [3.05, 3.63) is 87.6 Å². The summed E-state index contributed by atoms with van der Waals surface area (Å²) in [5.74, 6) is 0.222. The third kappa shape index (κ3) is 5.85. The smallest absolute Gasteiger partial charge is 0.273 e. The van der Waals surface area contributed by atoms with Gasteiger partial charge in [0.05, 0.1) is 6.54 Å². The van der Waals surface area contributed by atoms with E-state index in [1.165, 1.54) is 6.26 Å². The third-order valence-corrected chi connectivity index (χ3v) is 5.35. The maximum Gasteiger partial charge on any atom is 0.273 e. The van der Waals surface area contributed by atoms with Crippen LogP contribution in [0.4, 0.5) is 0 Å². The average molecular weight is 446 g/mol. The van der Waals surface area contributed by atoms with Crippen molar-refractivity contribution in [2.45, 2.75) is 45.9 Å². The lowest BCUT2D eigenvalue weighted by Crippen LogP contribution is -2.30. The van der Waals surface area contributed by atoms with Crippen molar-refractivity contribution in [3.8, 4) is 0 Å². The first kappa shape index (κ1) is 22.3. The van der Waals surface area contributed by atoms with Crippen LogP contribution in [0.15, 0.2) is 59.2 Å². The van der Waals surface area contributed by atoms with Crippen LogP contribution in [0.25, 0.3) is 0 Å². The van der Waals surface area contributed by atoms with E-state index < -0.39 is 0 Å². The predicted octanol–water partition coefficient (Wildman–Crippen LogP) is 5.88. The SMILES string of the molecule is CC(C)NC(=O)c1coc(CN(Cc2ccc(Cl)cc2Cl)C(C)c2ccccc2)n1. The van der Waals surface area contributed by atoms with Crippen molar-refractivity contribution in [2.75, 3.05) is 0 Å². The predicted molar refractivity (Wildman–Crippen MR) is 120 cm³/mol. The van der Waals surface area contributed by atoms with E-state index in [4.69, 9.17) is 27.6 Å². The molecule has 1 atom stereocenters. The molecule has 2 aromatic carbocycles. The fourth-order valence-corrected chi connectivity index (χ4v) is 3.61. The van der Waals surface area contributed by atoms with Crippen LogP contribution in [-0.4, -0.2) is 21.8 Å². The number of amides is 1. The van der Waals surface area contributed by atoms with Gasteiger partial charge in [-0.15, -0.1) is 0 Å². The molecular weight excluding hydrogens is 421 g/mol. The lowest BCUT2D eigenvalue weighted by molar-refractivity contribution is 0.0938. The summed E-state index contributed by atoms with van der Waals surface area (Å²) >= 11 is 12.5. The second kappa shape index (κ2) is 10.1. The van der Waals surface area contributed by atoms with E-state index in [9.17, 15) is 4.79 Å². The summed E-state index contributed by atoms with van der Waals surface area (Å²) in [6.07, 6.45) is 1.40. The van der Waals surface area contributed by atoms with Gasteiger partial charge in [-0.1, -0.05) is 59.6 Å². The molecule has 0 bridgehead atoms. The number of halogens is 2. The molecule has 0 radical (unpaired) electrons. The Bertz CT molecular complexity index is 989. The van der Waals surface area contributed by atoms with E-state index in [1.807, 2.05) is 44.2 Å². The molecule has 5 nitrogen and oxygen atoms in total. The summed E-state index contributed by atoms with van der Waals surface area (Å²) in [7, 11) is 0. The molecular formula is C23H25Cl2N3O2. The highest BCUT2D eigenvalue weighted by Gasteiger charge is 2.21. The van der Waals surface area contributed by atoms with Gasteiger partial charge in [-0.2, -0.15) is 0 Å². The summed E-state index contributed by atoms with van der Waals surface area (Å²) < 4.78 is 5.60. The van der Waals surface area contributed by atoms with Crippen LogP contribution >= 0.6 is 23.2 Å². The zero-order chi connectivity index (χ0) is 21.7. The number of carbonyl (C=O) groups is 1. The Kier molecular flexibility index (Phi) is 7.53. The number of benzene rings is 2. The van der Waals surface area contributed by atoms with E-state index in [0.29, 0.717) is 29.0 Å².